The van der Waals surface area contributed by atoms with E-state index in [2.05, 4.69) is 52.9 Å². The van der Waals surface area contributed by atoms with Crippen LogP contribution in [0.4, 0.5) is 0 Å². The largest absolute Gasteiger partial charge is 0.488 e. The molecule has 1 aliphatic heterocycles. The van der Waals surface area contributed by atoms with Crippen LogP contribution in [0, 0.1) is 5.92 Å². The number of para-hydroxylation sites is 1. The van der Waals surface area contributed by atoms with Gasteiger partial charge in [0.15, 0.2) is 8.32 Å². The number of hydrogen-bond donors (Lipinski definition) is 0. The molecule has 1 aromatic rings. The molecule has 0 radical (unpaired) electrons. The Morgan fingerprint density at radius 3 is 2.60 bits per heavy atom. The number of carbonyl (C=O) groups is 1. The van der Waals surface area contributed by atoms with E-state index in [-0.39, 0.29) is 35.1 Å². The summed E-state index contributed by atoms with van der Waals surface area (Å²) in [7, 11) is -1.86. The summed E-state index contributed by atoms with van der Waals surface area (Å²) < 4.78 is 17.9. The molecular formula is C20H30O4Si. The summed E-state index contributed by atoms with van der Waals surface area (Å²) in [5, 5.41) is 0.164. The normalized spacial score (nSPS) is 25.6. The van der Waals surface area contributed by atoms with Gasteiger partial charge in [0.1, 0.15) is 17.8 Å². The molecule has 1 aromatic carbocycles. The zero-order chi connectivity index (χ0) is 18.6. The van der Waals surface area contributed by atoms with Gasteiger partial charge in [0.25, 0.3) is 0 Å². The standard InChI is InChI=1S/C20H30O4Si/c1-8-22-19(21)16-15-14-11-9-10-13(17(14)23-18(15)16)12(2)24-25(6,7)20(3,4)5/h9-12,15-16,18H,8H2,1-7H3. The maximum atomic E-state index is 12.0. The Labute approximate surface area is 152 Å². The average molecular weight is 363 g/mol. The Kier molecular flexibility index (Phi) is 4.53. The lowest BCUT2D eigenvalue weighted by molar-refractivity contribution is -0.145. The molecule has 5 heteroatoms. The lowest BCUT2D eigenvalue weighted by Gasteiger charge is -2.38. The molecule has 0 saturated heterocycles. The molecule has 0 spiro atoms. The van der Waals surface area contributed by atoms with E-state index in [0.717, 1.165) is 16.9 Å². The molecule has 138 valence electrons. The Bertz CT molecular complexity index is 677. The van der Waals surface area contributed by atoms with E-state index in [1.807, 2.05) is 13.0 Å². The van der Waals surface area contributed by atoms with Gasteiger partial charge in [0.05, 0.1) is 12.7 Å². The van der Waals surface area contributed by atoms with Crippen molar-refractivity contribution in [1.82, 2.24) is 0 Å². The highest BCUT2D eigenvalue weighted by molar-refractivity contribution is 6.74. The van der Waals surface area contributed by atoms with Crippen LogP contribution in [0.15, 0.2) is 18.2 Å². The quantitative estimate of drug-likeness (QED) is 0.557. The predicted molar refractivity (Wildman–Crippen MR) is 100 cm³/mol. The first kappa shape index (κ1) is 18.5. The number of hydrogen-bond acceptors (Lipinski definition) is 4. The van der Waals surface area contributed by atoms with Gasteiger partial charge in [-0.3, -0.25) is 4.79 Å². The number of benzene rings is 1. The van der Waals surface area contributed by atoms with E-state index in [9.17, 15) is 4.79 Å². The second-order valence-electron chi connectivity index (χ2n) is 8.67. The number of ether oxygens (including phenoxy) is 2. The van der Waals surface area contributed by atoms with Crippen molar-refractivity contribution >= 4 is 14.3 Å². The molecule has 4 unspecified atom stereocenters. The highest BCUT2D eigenvalue weighted by Gasteiger charge is 2.64. The first-order valence-electron chi connectivity index (χ1n) is 9.22. The molecule has 1 fully saturated rings. The Morgan fingerprint density at radius 1 is 1.32 bits per heavy atom. The Morgan fingerprint density at radius 2 is 2.00 bits per heavy atom. The Hall–Kier alpha value is -1.33. The third-order valence-electron chi connectivity index (χ3n) is 5.92. The number of carbonyl (C=O) groups excluding carboxylic acids is 1. The van der Waals surface area contributed by atoms with E-state index in [1.165, 1.54) is 0 Å². The molecule has 0 amide bonds. The van der Waals surface area contributed by atoms with Crippen molar-refractivity contribution in [3.63, 3.8) is 0 Å². The molecule has 0 N–H and O–H groups in total. The smallest absolute Gasteiger partial charge is 0.313 e. The van der Waals surface area contributed by atoms with Crippen LogP contribution in [0.3, 0.4) is 0 Å². The minimum absolute atomic E-state index is 0.0191. The van der Waals surface area contributed by atoms with Crippen molar-refractivity contribution in [2.45, 2.75) is 70.9 Å². The van der Waals surface area contributed by atoms with Gasteiger partial charge >= 0.3 is 5.97 Å². The molecule has 0 bridgehead atoms. The zero-order valence-electron chi connectivity index (χ0n) is 16.4. The Balaban J connectivity index is 1.79. The molecule has 0 aromatic heterocycles. The highest BCUT2D eigenvalue weighted by Crippen LogP contribution is 2.60. The van der Waals surface area contributed by atoms with Crippen LogP contribution >= 0.6 is 0 Å². The minimum atomic E-state index is -1.86. The summed E-state index contributed by atoms with van der Waals surface area (Å²) >= 11 is 0. The molecule has 1 saturated carbocycles. The number of rotatable bonds is 5. The lowest BCUT2D eigenvalue weighted by Crippen LogP contribution is -2.41. The van der Waals surface area contributed by atoms with Gasteiger partial charge in [-0.1, -0.05) is 39.0 Å². The molecule has 4 nitrogen and oxygen atoms in total. The van der Waals surface area contributed by atoms with Crippen molar-refractivity contribution in [3.8, 4) is 5.75 Å². The summed E-state index contributed by atoms with van der Waals surface area (Å²) in [6.07, 6.45) is -0.0790. The van der Waals surface area contributed by atoms with Crippen LogP contribution in [-0.2, 0) is 14.0 Å². The summed E-state index contributed by atoms with van der Waals surface area (Å²) in [6.45, 7) is 15.6. The van der Waals surface area contributed by atoms with Gasteiger partial charge in [-0.05, 0) is 32.0 Å². The zero-order valence-corrected chi connectivity index (χ0v) is 17.4. The van der Waals surface area contributed by atoms with Crippen molar-refractivity contribution < 1.29 is 18.7 Å². The third-order valence-corrected chi connectivity index (χ3v) is 10.5. The molecule has 4 atom stereocenters. The van der Waals surface area contributed by atoms with Gasteiger partial charge in [-0.2, -0.15) is 0 Å². The maximum absolute atomic E-state index is 12.0. The summed E-state index contributed by atoms with van der Waals surface area (Å²) in [4.78, 5) is 12.0. The van der Waals surface area contributed by atoms with Crippen molar-refractivity contribution in [3.05, 3.63) is 29.3 Å². The SMILES string of the molecule is CCOC(=O)C1C2Oc3c(C(C)O[Si](C)(C)C(C)(C)C)cccc3C21. The molecule has 1 aliphatic carbocycles. The second-order valence-corrected chi connectivity index (χ2v) is 13.4. The van der Waals surface area contributed by atoms with Crippen LogP contribution in [0.25, 0.3) is 0 Å². The summed E-state index contributed by atoms with van der Waals surface area (Å²) in [5.41, 5.74) is 2.23. The van der Waals surface area contributed by atoms with Crippen molar-refractivity contribution in [2.24, 2.45) is 5.92 Å². The van der Waals surface area contributed by atoms with Gasteiger partial charge in [-0.25, -0.2) is 0 Å². The minimum Gasteiger partial charge on any atom is -0.488 e. The van der Waals surface area contributed by atoms with Crippen molar-refractivity contribution in [1.29, 1.82) is 0 Å². The summed E-state index contributed by atoms with van der Waals surface area (Å²) in [5.74, 6) is 0.789. The van der Waals surface area contributed by atoms with Crippen LogP contribution in [0.1, 0.15) is 57.8 Å². The fourth-order valence-electron chi connectivity index (χ4n) is 3.43. The lowest BCUT2D eigenvalue weighted by atomic mass is 10.0. The average Bonchev–Trinajstić information content (AvgIpc) is 3.08. The van der Waals surface area contributed by atoms with Crippen molar-refractivity contribution in [2.75, 3.05) is 6.61 Å². The van der Waals surface area contributed by atoms with E-state index < -0.39 is 8.32 Å². The van der Waals surface area contributed by atoms with Crippen LogP contribution in [-0.4, -0.2) is 27.0 Å². The monoisotopic (exact) mass is 362 g/mol. The van der Waals surface area contributed by atoms with E-state index >= 15 is 0 Å². The van der Waals surface area contributed by atoms with Gasteiger partial charge in [0, 0.05) is 17.0 Å². The molecule has 3 rings (SSSR count). The van der Waals surface area contributed by atoms with Crippen LogP contribution in [0.5, 0.6) is 5.75 Å². The van der Waals surface area contributed by atoms with E-state index in [4.69, 9.17) is 13.9 Å². The topological polar surface area (TPSA) is 44.8 Å². The molecular weight excluding hydrogens is 332 g/mol. The maximum Gasteiger partial charge on any atom is 0.313 e. The van der Waals surface area contributed by atoms with Crippen LogP contribution in [0.2, 0.25) is 18.1 Å². The number of esters is 1. The molecule has 1 heterocycles. The molecule has 25 heavy (non-hydrogen) atoms. The fraction of sp³-hybridized carbons (Fsp3) is 0.650. The first-order valence-corrected chi connectivity index (χ1v) is 12.1. The first-order chi connectivity index (χ1) is 11.6. The number of fused-ring (bicyclic) bond motifs is 3. The van der Waals surface area contributed by atoms with E-state index in [1.54, 1.807) is 0 Å². The van der Waals surface area contributed by atoms with Gasteiger partial charge < -0.3 is 13.9 Å². The second kappa shape index (κ2) is 6.13. The third kappa shape index (κ3) is 3.12. The fourth-order valence-corrected chi connectivity index (χ4v) is 4.79. The van der Waals surface area contributed by atoms with Gasteiger partial charge in [-0.15, -0.1) is 0 Å². The molecule has 2 aliphatic rings. The predicted octanol–water partition coefficient (Wildman–Crippen LogP) is 4.81. The van der Waals surface area contributed by atoms with E-state index in [0.29, 0.717) is 6.61 Å². The van der Waals surface area contributed by atoms with Gasteiger partial charge in [0.2, 0.25) is 0 Å². The van der Waals surface area contributed by atoms with Crippen LogP contribution < -0.4 is 4.74 Å². The summed E-state index contributed by atoms with van der Waals surface area (Å²) in [6, 6.07) is 6.20. The highest BCUT2D eigenvalue weighted by atomic mass is 28.4.